The molecule has 1 aromatic heterocycles. The SMILES string of the molecule is O=C(N/N=C/c1ccc(Cl)cc1)c1ccc2ccccc2n1. The fraction of sp³-hybridized carbons (Fsp3) is 0. The minimum Gasteiger partial charge on any atom is -0.266 e. The van der Waals surface area contributed by atoms with Gasteiger partial charge in [0.15, 0.2) is 0 Å². The molecule has 0 unspecified atom stereocenters. The largest absolute Gasteiger partial charge is 0.289 e. The van der Waals surface area contributed by atoms with Crippen molar-refractivity contribution in [3.05, 3.63) is 76.9 Å². The molecule has 0 aliphatic rings. The van der Waals surface area contributed by atoms with Gasteiger partial charge in [-0.25, -0.2) is 10.4 Å². The Hall–Kier alpha value is -2.72. The lowest BCUT2D eigenvalue weighted by atomic mass is 10.2. The molecule has 1 amide bonds. The number of pyridine rings is 1. The minimum atomic E-state index is -0.351. The molecule has 3 aromatic rings. The highest BCUT2D eigenvalue weighted by Crippen LogP contribution is 2.11. The maximum Gasteiger partial charge on any atom is 0.289 e. The quantitative estimate of drug-likeness (QED) is 0.593. The summed E-state index contributed by atoms with van der Waals surface area (Å²) in [6.45, 7) is 0. The Bertz CT molecular complexity index is 844. The van der Waals surface area contributed by atoms with Crippen molar-refractivity contribution in [2.75, 3.05) is 0 Å². The van der Waals surface area contributed by atoms with Crippen molar-refractivity contribution in [1.29, 1.82) is 0 Å². The summed E-state index contributed by atoms with van der Waals surface area (Å²) < 4.78 is 0. The third-order valence-electron chi connectivity index (χ3n) is 3.08. The number of hydrazone groups is 1. The summed E-state index contributed by atoms with van der Waals surface area (Å²) in [4.78, 5) is 16.3. The summed E-state index contributed by atoms with van der Waals surface area (Å²) in [6, 6.07) is 18.3. The first kappa shape index (κ1) is 14.2. The van der Waals surface area contributed by atoms with Crippen molar-refractivity contribution in [3.63, 3.8) is 0 Å². The van der Waals surface area contributed by atoms with Crippen molar-refractivity contribution in [1.82, 2.24) is 10.4 Å². The molecule has 2 aromatic carbocycles. The zero-order chi connectivity index (χ0) is 15.4. The number of nitrogens with one attached hydrogen (secondary N) is 1. The molecule has 0 aliphatic heterocycles. The van der Waals surface area contributed by atoms with Gasteiger partial charge in [-0.3, -0.25) is 4.79 Å². The molecular weight excluding hydrogens is 298 g/mol. The number of fused-ring (bicyclic) bond motifs is 1. The number of hydrogen-bond donors (Lipinski definition) is 1. The van der Waals surface area contributed by atoms with Crippen LogP contribution < -0.4 is 5.43 Å². The van der Waals surface area contributed by atoms with Crippen LogP contribution in [-0.2, 0) is 0 Å². The van der Waals surface area contributed by atoms with Gasteiger partial charge >= 0.3 is 0 Å². The molecule has 5 heteroatoms. The molecule has 0 atom stereocenters. The summed E-state index contributed by atoms with van der Waals surface area (Å²) in [5.74, 6) is -0.351. The molecule has 1 N–H and O–H groups in total. The second-order valence-electron chi connectivity index (χ2n) is 4.64. The number of amides is 1. The highest BCUT2D eigenvalue weighted by atomic mass is 35.5. The molecule has 0 spiro atoms. The summed E-state index contributed by atoms with van der Waals surface area (Å²) in [5, 5.41) is 5.56. The molecule has 0 saturated heterocycles. The lowest BCUT2D eigenvalue weighted by Crippen LogP contribution is -2.18. The van der Waals surface area contributed by atoms with Crippen molar-refractivity contribution in [2.45, 2.75) is 0 Å². The van der Waals surface area contributed by atoms with Crippen LogP contribution in [0.1, 0.15) is 16.1 Å². The molecular formula is C17H12ClN3O. The molecule has 1 heterocycles. The summed E-state index contributed by atoms with van der Waals surface area (Å²) in [5.41, 5.74) is 4.41. The van der Waals surface area contributed by atoms with Gasteiger partial charge in [0.05, 0.1) is 11.7 Å². The van der Waals surface area contributed by atoms with Crippen LogP contribution in [0.4, 0.5) is 0 Å². The van der Waals surface area contributed by atoms with Crippen LogP contribution in [-0.4, -0.2) is 17.1 Å². The van der Waals surface area contributed by atoms with Crippen LogP contribution in [0.5, 0.6) is 0 Å². The fourth-order valence-corrected chi connectivity index (χ4v) is 2.09. The van der Waals surface area contributed by atoms with E-state index in [1.54, 1.807) is 24.4 Å². The normalized spacial score (nSPS) is 11.0. The molecule has 0 saturated carbocycles. The Kier molecular flexibility index (Phi) is 4.12. The molecule has 0 bridgehead atoms. The third kappa shape index (κ3) is 3.30. The van der Waals surface area contributed by atoms with Gasteiger partial charge in [0.1, 0.15) is 5.69 Å². The molecule has 4 nitrogen and oxygen atoms in total. The number of benzene rings is 2. The smallest absolute Gasteiger partial charge is 0.266 e. The Balaban J connectivity index is 1.71. The maximum atomic E-state index is 12.0. The number of halogens is 1. The van der Waals surface area contributed by atoms with Crippen LogP contribution in [0.15, 0.2) is 65.8 Å². The monoisotopic (exact) mass is 309 g/mol. The highest BCUT2D eigenvalue weighted by Gasteiger charge is 2.06. The second kappa shape index (κ2) is 6.37. The van der Waals surface area contributed by atoms with Gasteiger partial charge in [0.2, 0.25) is 0 Å². The van der Waals surface area contributed by atoms with Crippen LogP contribution in [0.3, 0.4) is 0 Å². The predicted molar refractivity (Wildman–Crippen MR) is 88.3 cm³/mol. The van der Waals surface area contributed by atoms with Gasteiger partial charge < -0.3 is 0 Å². The average molecular weight is 310 g/mol. The molecule has 0 radical (unpaired) electrons. The fourth-order valence-electron chi connectivity index (χ4n) is 1.96. The summed E-state index contributed by atoms with van der Waals surface area (Å²) in [7, 11) is 0. The molecule has 3 rings (SSSR count). The predicted octanol–water partition coefficient (Wildman–Crippen LogP) is 3.65. The van der Waals surface area contributed by atoms with E-state index in [4.69, 9.17) is 11.6 Å². The van der Waals surface area contributed by atoms with Crippen LogP contribution in [0.25, 0.3) is 10.9 Å². The topological polar surface area (TPSA) is 54.4 Å². The van der Waals surface area contributed by atoms with Crippen LogP contribution >= 0.6 is 11.6 Å². The van der Waals surface area contributed by atoms with E-state index in [1.165, 1.54) is 0 Å². The van der Waals surface area contributed by atoms with E-state index in [0.29, 0.717) is 10.7 Å². The van der Waals surface area contributed by atoms with Crippen LogP contribution in [0.2, 0.25) is 5.02 Å². The van der Waals surface area contributed by atoms with E-state index in [-0.39, 0.29) is 5.91 Å². The van der Waals surface area contributed by atoms with Gasteiger partial charge in [-0.1, -0.05) is 48.0 Å². The van der Waals surface area contributed by atoms with Gasteiger partial charge in [-0.2, -0.15) is 5.10 Å². The van der Waals surface area contributed by atoms with Crippen molar-refractivity contribution < 1.29 is 4.79 Å². The van der Waals surface area contributed by atoms with E-state index >= 15 is 0 Å². The van der Waals surface area contributed by atoms with Crippen molar-refractivity contribution >= 4 is 34.6 Å². The number of rotatable bonds is 3. The first-order valence-corrected chi connectivity index (χ1v) is 7.05. The summed E-state index contributed by atoms with van der Waals surface area (Å²) in [6.07, 6.45) is 1.55. The Morgan fingerprint density at radius 2 is 1.82 bits per heavy atom. The standard InChI is InChI=1S/C17H12ClN3O/c18-14-8-5-12(6-9-14)11-19-21-17(22)16-10-7-13-3-1-2-4-15(13)20-16/h1-11H,(H,21,22)/b19-11+. The summed E-state index contributed by atoms with van der Waals surface area (Å²) >= 11 is 5.80. The van der Waals surface area contributed by atoms with Gasteiger partial charge in [-0.15, -0.1) is 0 Å². The van der Waals surface area contributed by atoms with Gasteiger partial charge in [0.25, 0.3) is 5.91 Å². The number of hydrogen-bond acceptors (Lipinski definition) is 3. The van der Waals surface area contributed by atoms with E-state index in [9.17, 15) is 4.79 Å². The highest BCUT2D eigenvalue weighted by molar-refractivity contribution is 6.30. The zero-order valence-corrected chi connectivity index (χ0v) is 12.3. The van der Waals surface area contributed by atoms with E-state index < -0.39 is 0 Å². The first-order chi connectivity index (χ1) is 10.7. The molecule has 0 aliphatic carbocycles. The zero-order valence-electron chi connectivity index (χ0n) is 11.5. The number of carbonyl (C=O) groups is 1. The van der Waals surface area contributed by atoms with E-state index in [0.717, 1.165) is 16.5 Å². The molecule has 0 fully saturated rings. The lowest BCUT2D eigenvalue weighted by molar-refractivity contribution is 0.0950. The molecule has 22 heavy (non-hydrogen) atoms. The van der Waals surface area contributed by atoms with E-state index in [1.807, 2.05) is 42.5 Å². The minimum absolute atomic E-state index is 0.326. The third-order valence-corrected chi connectivity index (χ3v) is 3.33. The Morgan fingerprint density at radius 1 is 1.05 bits per heavy atom. The number of nitrogens with zero attached hydrogens (tertiary/aromatic N) is 2. The van der Waals surface area contributed by atoms with Crippen molar-refractivity contribution in [2.24, 2.45) is 5.10 Å². The Labute approximate surface area is 132 Å². The van der Waals surface area contributed by atoms with Gasteiger partial charge in [0, 0.05) is 10.4 Å². The van der Waals surface area contributed by atoms with Crippen molar-refractivity contribution in [3.8, 4) is 0 Å². The van der Waals surface area contributed by atoms with Gasteiger partial charge in [-0.05, 0) is 29.8 Å². The number of carbonyl (C=O) groups excluding carboxylic acids is 1. The average Bonchev–Trinajstić information content (AvgIpc) is 2.56. The molecule has 108 valence electrons. The number of para-hydroxylation sites is 1. The second-order valence-corrected chi connectivity index (χ2v) is 5.08. The first-order valence-electron chi connectivity index (χ1n) is 6.67. The van der Waals surface area contributed by atoms with E-state index in [2.05, 4.69) is 15.5 Å². The maximum absolute atomic E-state index is 12.0. The Morgan fingerprint density at radius 3 is 2.64 bits per heavy atom. The van der Waals surface area contributed by atoms with Crippen LogP contribution in [0, 0.1) is 0 Å². The number of aromatic nitrogens is 1. The lowest BCUT2D eigenvalue weighted by Gasteiger charge is -2.01.